The molecule has 0 saturated heterocycles. The summed E-state index contributed by atoms with van der Waals surface area (Å²) in [4.78, 5) is 0. The quantitative estimate of drug-likeness (QED) is 0.558. The molecule has 3 rings (SSSR count). The van der Waals surface area contributed by atoms with Crippen LogP contribution in [-0.2, 0) is 0 Å². The first-order valence-corrected chi connectivity index (χ1v) is 5.67. The van der Waals surface area contributed by atoms with E-state index < -0.39 is 0 Å². The van der Waals surface area contributed by atoms with Crippen molar-refractivity contribution >= 4 is 0 Å². The first-order chi connectivity index (χ1) is 5.67. The molecule has 3 saturated carbocycles. The van der Waals surface area contributed by atoms with Crippen molar-refractivity contribution in [1.29, 1.82) is 0 Å². The van der Waals surface area contributed by atoms with E-state index in [1.54, 1.807) is 0 Å². The molecule has 0 nitrogen and oxygen atoms in total. The maximum absolute atomic E-state index is 2.50. The average molecular weight is 164 g/mol. The Hall–Kier alpha value is 0. The summed E-state index contributed by atoms with van der Waals surface area (Å²) < 4.78 is 0. The van der Waals surface area contributed by atoms with Crippen molar-refractivity contribution in [2.24, 2.45) is 40.9 Å². The number of hydrogen-bond donors (Lipinski definition) is 0. The third-order valence-electron chi connectivity index (χ3n) is 5.77. The molecule has 0 heterocycles. The van der Waals surface area contributed by atoms with E-state index in [2.05, 4.69) is 27.7 Å². The average Bonchev–Trinajstić information content (AvgIpc) is 2.75. The highest BCUT2D eigenvalue weighted by Gasteiger charge is 2.87. The molecule has 0 radical (unpaired) electrons. The summed E-state index contributed by atoms with van der Waals surface area (Å²) in [5.41, 5.74) is 0.889. The van der Waals surface area contributed by atoms with Crippen molar-refractivity contribution < 1.29 is 0 Å². The molecular weight excluding hydrogens is 144 g/mol. The van der Waals surface area contributed by atoms with Gasteiger partial charge in [0.15, 0.2) is 0 Å². The van der Waals surface area contributed by atoms with E-state index in [0.29, 0.717) is 0 Å². The van der Waals surface area contributed by atoms with Crippen LogP contribution in [0.2, 0.25) is 0 Å². The molecular formula is C12H20. The highest BCUT2D eigenvalue weighted by atomic mass is 14.9. The largest absolute Gasteiger partial charge is 0.0651 e. The van der Waals surface area contributed by atoms with Gasteiger partial charge in [-0.05, 0) is 40.9 Å². The van der Waals surface area contributed by atoms with Gasteiger partial charge in [-0.1, -0.05) is 34.1 Å². The molecule has 3 aliphatic carbocycles. The van der Waals surface area contributed by atoms with Gasteiger partial charge in [0, 0.05) is 0 Å². The predicted octanol–water partition coefficient (Wildman–Crippen LogP) is 3.18. The molecule has 3 fully saturated rings. The van der Waals surface area contributed by atoms with Gasteiger partial charge >= 0.3 is 0 Å². The molecule has 0 bridgehead atoms. The van der Waals surface area contributed by atoms with Crippen molar-refractivity contribution in [1.82, 2.24) is 0 Å². The zero-order chi connectivity index (χ0) is 8.67. The molecule has 0 aromatic carbocycles. The molecule has 0 amide bonds. The second-order valence-electron chi connectivity index (χ2n) is 5.56. The minimum absolute atomic E-state index is 0.889. The van der Waals surface area contributed by atoms with Crippen molar-refractivity contribution in [3.05, 3.63) is 0 Å². The minimum Gasteiger partial charge on any atom is -0.0651 e. The van der Waals surface area contributed by atoms with Crippen LogP contribution >= 0.6 is 0 Å². The Bertz CT molecular complexity index is 230. The Balaban J connectivity index is 1.92. The van der Waals surface area contributed by atoms with Crippen LogP contribution in [0.5, 0.6) is 0 Å². The van der Waals surface area contributed by atoms with E-state index in [-0.39, 0.29) is 0 Å². The predicted molar refractivity (Wildman–Crippen MR) is 50.7 cm³/mol. The topological polar surface area (TPSA) is 0 Å². The first kappa shape index (κ1) is 7.41. The Labute approximate surface area is 75.7 Å². The van der Waals surface area contributed by atoms with Crippen molar-refractivity contribution in [2.45, 2.75) is 34.1 Å². The SMILES string of the molecule is CCC1C(C)C2C(C)C23C(C)C13. The summed E-state index contributed by atoms with van der Waals surface area (Å²) in [6.45, 7) is 9.87. The van der Waals surface area contributed by atoms with Crippen molar-refractivity contribution in [3.8, 4) is 0 Å². The van der Waals surface area contributed by atoms with Crippen LogP contribution in [0.15, 0.2) is 0 Å². The smallest absolute Gasteiger partial charge is 0.0173 e. The van der Waals surface area contributed by atoms with Gasteiger partial charge in [-0.15, -0.1) is 0 Å². The third-order valence-corrected chi connectivity index (χ3v) is 5.77. The van der Waals surface area contributed by atoms with Gasteiger partial charge in [-0.25, -0.2) is 0 Å². The summed E-state index contributed by atoms with van der Waals surface area (Å²) in [6.07, 6.45) is 1.43. The fourth-order valence-corrected chi connectivity index (χ4v) is 5.41. The Kier molecular flexibility index (Phi) is 1.09. The van der Waals surface area contributed by atoms with Gasteiger partial charge < -0.3 is 0 Å². The van der Waals surface area contributed by atoms with Crippen LogP contribution in [0, 0.1) is 40.9 Å². The Morgan fingerprint density at radius 3 is 2.08 bits per heavy atom. The lowest BCUT2D eigenvalue weighted by Crippen LogP contribution is -2.14. The zero-order valence-corrected chi connectivity index (χ0v) is 8.67. The van der Waals surface area contributed by atoms with Crippen molar-refractivity contribution in [3.63, 3.8) is 0 Å². The van der Waals surface area contributed by atoms with Gasteiger partial charge in [0.2, 0.25) is 0 Å². The van der Waals surface area contributed by atoms with Crippen molar-refractivity contribution in [2.75, 3.05) is 0 Å². The van der Waals surface area contributed by atoms with E-state index in [4.69, 9.17) is 0 Å². The first-order valence-electron chi connectivity index (χ1n) is 5.67. The lowest BCUT2D eigenvalue weighted by Gasteiger charge is -2.20. The van der Waals surface area contributed by atoms with E-state index in [1.165, 1.54) is 6.42 Å². The monoisotopic (exact) mass is 164 g/mol. The molecule has 1 spiro atoms. The minimum atomic E-state index is 0.889. The van der Waals surface area contributed by atoms with Gasteiger partial charge in [0.05, 0.1) is 0 Å². The fraction of sp³-hybridized carbons (Fsp3) is 1.00. The highest BCUT2D eigenvalue weighted by molar-refractivity contribution is 5.33. The van der Waals surface area contributed by atoms with E-state index in [0.717, 1.165) is 40.9 Å². The van der Waals surface area contributed by atoms with E-state index in [1.807, 2.05) is 0 Å². The summed E-state index contributed by atoms with van der Waals surface area (Å²) in [5, 5.41) is 0. The zero-order valence-electron chi connectivity index (χ0n) is 8.67. The normalized spacial score (nSPS) is 72.0. The van der Waals surface area contributed by atoms with Crippen LogP contribution in [0.4, 0.5) is 0 Å². The van der Waals surface area contributed by atoms with Gasteiger partial charge in [0.25, 0.3) is 0 Å². The van der Waals surface area contributed by atoms with Crippen LogP contribution < -0.4 is 0 Å². The maximum atomic E-state index is 2.50. The molecule has 0 aromatic rings. The second-order valence-corrected chi connectivity index (χ2v) is 5.56. The third kappa shape index (κ3) is 0.459. The Morgan fingerprint density at radius 2 is 1.58 bits per heavy atom. The lowest BCUT2D eigenvalue weighted by atomic mass is 9.85. The fourth-order valence-electron chi connectivity index (χ4n) is 5.41. The van der Waals surface area contributed by atoms with Crippen LogP contribution in [0.3, 0.4) is 0 Å². The summed E-state index contributed by atoms with van der Waals surface area (Å²) in [6, 6.07) is 0. The molecule has 7 unspecified atom stereocenters. The van der Waals surface area contributed by atoms with E-state index >= 15 is 0 Å². The van der Waals surface area contributed by atoms with Crippen LogP contribution in [0.25, 0.3) is 0 Å². The summed E-state index contributed by atoms with van der Waals surface area (Å²) >= 11 is 0. The number of rotatable bonds is 1. The standard InChI is InChI=1S/C12H20/c1-5-9-6(2)10-7(3)12(10)8(4)11(9)12/h6-11H,5H2,1-4H3. The highest BCUT2D eigenvalue weighted by Crippen LogP contribution is 2.90. The molecule has 0 aliphatic heterocycles. The van der Waals surface area contributed by atoms with Gasteiger partial charge in [-0.2, -0.15) is 0 Å². The molecule has 3 aliphatic rings. The molecule has 0 aromatic heterocycles. The lowest BCUT2D eigenvalue weighted by molar-refractivity contribution is 0.284. The Morgan fingerprint density at radius 1 is 1.00 bits per heavy atom. The molecule has 0 N–H and O–H groups in total. The van der Waals surface area contributed by atoms with E-state index in [9.17, 15) is 0 Å². The molecule has 68 valence electrons. The molecule has 7 atom stereocenters. The molecule has 12 heavy (non-hydrogen) atoms. The number of hydrogen-bond acceptors (Lipinski definition) is 0. The molecule has 0 heteroatoms. The van der Waals surface area contributed by atoms with Gasteiger partial charge in [0.1, 0.15) is 0 Å². The maximum Gasteiger partial charge on any atom is -0.0173 e. The summed E-state index contributed by atoms with van der Waals surface area (Å²) in [7, 11) is 0. The summed E-state index contributed by atoms with van der Waals surface area (Å²) in [5.74, 6) is 6.56. The van der Waals surface area contributed by atoms with Crippen LogP contribution in [0.1, 0.15) is 34.1 Å². The van der Waals surface area contributed by atoms with Gasteiger partial charge in [-0.3, -0.25) is 0 Å². The second kappa shape index (κ2) is 1.76. The van der Waals surface area contributed by atoms with Crippen LogP contribution in [-0.4, -0.2) is 0 Å².